The molecule has 0 saturated carbocycles. The summed E-state index contributed by atoms with van der Waals surface area (Å²) in [7, 11) is 0. The van der Waals surface area contributed by atoms with E-state index < -0.39 is 9.58 Å². The van der Waals surface area contributed by atoms with Crippen molar-refractivity contribution in [3.63, 3.8) is 0 Å². The van der Waals surface area contributed by atoms with Crippen LogP contribution in [0, 0.1) is 0 Å². The van der Waals surface area contributed by atoms with Gasteiger partial charge in [0.15, 0.2) is 11.6 Å². The van der Waals surface area contributed by atoms with Gasteiger partial charge in [-0.1, -0.05) is 12.1 Å². The fraction of sp³-hybridized carbons (Fsp3) is 0.385. The summed E-state index contributed by atoms with van der Waals surface area (Å²) >= 11 is 10.7. The molecule has 22 heavy (non-hydrogen) atoms. The zero-order chi connectivity index (χ0) is 16.4. The second kappa shape index (κ2) is 7.13. The van der Waals surface area contributed by atoms with Gasteiger partial charge in [0.25, 0.3) is 0 Å². The number of amides is 2. The Hall–Kier alpha value is -0.210. The molecule has 1 aromatic carbocycles. The van der Waals surface area contributed by atoms with E-state index in [4.69, 9.17) is 20.9 Å². The van der Waals surface area contributed by atoms with Gasteiger partial charge >= 0.3 is 17.5 Å². The predicted octanol–water partition coefficient (Wildman–Crippen LogP) is 3.63. The monoisotopic (exact) mass is 378 g/mol. The van der Waals surface area contributed by atoms with Gasteiger partial charge in [-0.15, -0.1) is 16.5 Å². The Morgan fingerprint density at radius 3 is 1.95 bits per heavy atom. The minimum Gasteiger partial charge on any atom is -0.318 e. The number of hydrogen-bond acceptors (Lipinski definition) is 7. The van der Waals surface area contributed by atoms with Gasteiger partial charge in [0.05, 0.1) is 24.3 Å². The van der Waals surface area contributed by atoms with E-state index in [1.807, 2.05) is 0 Å². The zero-order valence-electron chi connectivity index (χ0n) is 12.2. The summed E-state index contributed by atoms with van der Waals surface area (Å²) in [4.78, 5) is 25.6. The summed E-state index contributed by atoms with van der Waals surface area (Å²) in [6, 6.07) is 6.75. The molecule has 1 aromatic rings. The number of carbonyl (C=O) groups excluding carboxylic acids is 2. The Kier molecular flexibility index (Phi) is 5.88. The highest BCUT2D eigenvalue weighted by Crippen LogP contribution is 2.66. The summed E-state index contributed by atoms with van der Waals surface area (Å²) in [5.74, 6) is -0.654. The summed E-state index contributed by atoms with van der Waals surface area (Å²) in [5.41, 5.74) is -2.04. The molecule has 1 heterocycles. The lowest BCUT2D eigenvalue weighted by Crippen LogP contribution is -2.45. The molecule has 2 rings (SSSR count). The Balaban J connectivity index is 2.45. The van der Waals surface area contributed by atoms with E-state index >= 15 is 0 Å². The molecule has 0 saturated heterocycles. The number of nitrogens with zero attached hydrogens (tertiary/aromatic N) is 1. The number of fused-ring (bicyclic) bond motifs is 1. The third kappa shape index (κ3) is 3.06. The van der Waals surface area contributed by atoms with Crippen molar-refractivity contribution < 1.29 is 22.5 Å². The molecule has 0 fully saturated rings. The SMILES string of the molecule is CCOP(=S)(OCC)S[N+]1(CS)C(=O)c2ccccc2C1=O. The maximum absolute atomic E-state index is 12.8. The normalized spacial score (nSPS) is 16.9. The van der Waals surface area contributed by atoms with Crippen LogP contribution in [0.2, 0.25) is 0 Å². The minimum atomic E-state index is -2.82. The first-order valence-electron chi connectivity index (χ1n) is 6.72. The maximum atomic E-state index is 12.8. The van der Waals surface area contributed by atoms with Crippen LogP contribution in [0.4, 0.5) is 0 Å². The molecule has 5 nitrogen and oxygen atoms in total. The molecule has 0 unspecified atom stereocenters. The largest absolute Gasteiger partial charge is 0.367 e. The number of imide groups is 1. The van der Waals surface area contributed by atoms with Crippen molar-refractivity contribution in [2.24, 2.45) is 0 Å². The van der Waals surface area contributed by atoms with Crippen LogP contribution in [0.15, 0.2) is 24.3 Å². The first-order chi connectivity index (χ1) is 10.4. The van der Waals surface area contributed by atoms with Crippen molar-refractivity contribution in [1.29, 1.82) is 0 Å². The lowest BCUT2D eigenvalue weighted by molar-refractivity contribution is -0.592. The fourth-order valence-electron chi connectivity index (χ4n) is 2.14. The molecule has 0 bridgehead atoms. The zero-order valence-corrected chi connectivity index (χ0v) is 15.6. The van der Waals surface area contributed by atoms with Crippen LogP contribution in [0.25, 0.3) is 0 Å². The number of rotatable bonds is 7. The highest BCUT2D eigenvalue weighted by Gasteiger charge is 2.58. The fourth-order valence-corrected chi connectivity index (χ4v) is 8.59. The molecule has 1 aliphatic heterocycles. The van der Waals surface area contributed by atoms with Crippen LogP contribution in [0.5, 0.6) is 0 Å². The molecule has 2 amide bonds. The van der Waals surface area contributed by atoms with E-state index in [-0.39, 0.29) is 17.7 Å². The number of carbonyl (C=O) groups is 2. The highest BCUT2D eigenvalue weighted by molar-refractivity contribution is 8.65. The van der Waals surface area contributed by atoms with Crippen molar-refractivity contribution in [2.45, 2.75) is 13.8 Å². The molecule has 0 spiro atoms. The molecule has 0 atom stereocenters. The number of quaternary nitrogens is 1. The molecular weight excluding hydrogens is 361 g/mol. The third-order valence-electron chi connectivity index (χ3n) is 3.06. The van der Waals surface area contributed by atoms with Crippen LogP contribution in [0.3, 0.4) is 0 Å². The van der Waals surface area contributed by atoms with E-state index in [1.165, 1.54) is 0 Å². The summed E-state index contributed by atoms with van der Waals surface area (Å²) in [6.07, 6.45) is 0. The van der Waals surface area contributed by atoms with Gasteiger partial charge in [-0.3, -0.25) is 0 Å². The van der Waals surface area contributed by atoms with E-state index in [2.05, 4.69) is 12.6 Å². The number of thiol groups is 1. The van der Waals surface area contributed by atoms with E-state index in [0.717, 1.165) is 11.6 Å². The van der Waals surface area contributed by atoms with Crippen molar-refractivity contribution in [3.8, 4) is 0 Å². The Morgan fingerprint density at radius 1 is 1.14 bits per heavy atom. The van der Waals surface area contributed by atoms with Crippen LogP contribution < -0.4 is 0 Å². The lowest BCUT2D eigenvalue weighted by Gasteiger charge is -2.28. The number of hydrogen-bond donors (Lipinski definition) is 1. The van der Waals surface area contributed by atoms with Gasteiger partial charge < -0.3 is 9.05 Å². The van der Waals surface area contributed by atoms with Crippen molar-refractivity contribution in [2.75, 3.05) is 19.1 Å². The Bertz CT molecular complexity index is 607. The van der Waals surface area contributed by atoms with Gasteiger partial charge in [0.1, 0.15) is 5.88 Å². The topological polar surface area (TPSA) is 52.6 Å². The molecule has 0 radical (unpaired) electrons. The van der Waals surface area contributed by atoms with Crippen LogP contribution >= 0.6 is 29.9 Å². The van der Waals surface area contributed by atoms with Gasteiger partial charge in [-0.25, -0.2) is 9.59 Å². The van der Waals surface area contributed by atoms with Gasteiger partial charge in [-0.05, 0) is 37.8 Å². The summed E-state index contributed by atoms with van der Waals surface area (Å²) in [6.45, 7) is 4.31. The summed E-state index contributed by atoms with van der Waals surface area (Å²) in [5, 5.41) is 0. The van der Waals surface area contributed by atoms with Crippen molar-refractivity contribution in [3.05, 3.63) is 35.4 Å². The molecule has 0 aromatic heterocycles. The van der Waals surface area contributed by atoms with Crippen molar-refractivity contribution >= 4 is 53.5 Å². The quantitative estimate of drug-likeness (QED) is 0.257. The average molecular weight is 378 g/mol. The van der Waals surface area contributed by atoms with Gasteiger partial charge in [0, 0.05) is 0 Å². The third-order valence-corrected chi connectivity index (χ3v) is 9.06. The maximum Gasteiger partial charge on any atom is 0.367 e. The second-order valence-electron chi connectivity index (χ2n) is 4.40. The first-order valence-corrected chi connectivity index (χ1v) is 11.4. The first kappa shape index (κ1) is 18.1. The molecular formula is C13H17NO4PS3+. The van der Waals surface area contributed by atoms with Crippen LogP contribution in [-0.4, -0.2) is 34.8 Å². The van der Waals surface area contributed by atoms with Gasteiger partial charge in [0.2, 0.25) is 0 Å². The highest BCUT2D eigenvalue weighted by atomic mass is 32.9. The molecule has 0 aliphatic carbocycles. The second-order valence-corrected chi connectivity index (χ2v) is 10.9. The molecule has 0 N–H and O–H groups in total. The lowest BCUT2D eigenvalue weighted by atomic mass is 10.1. The predicted molar refractivity (Wildman–Crippen MR) is 94.3 cm³/mol. The Morgan fingerprint density at radius 2 is 1.59 bits per heavy atom. The van der Waals surface area contributed by atoms with Gasteiger partial charge in [-0.2, -0.15) is 0 Å². The van der Waals surface area contributed by atoms with E-state index in [0.29, 0.717) is 24.3 Å². The van der Waals surface area contributed by atoms with E-state index in [1.54, 1.807) is 38.1 Å². The van der Waals surface area contributed by atoms with E-state index in [9.17, 15) is 9.59 Å². The molecule has 120 valence electrons. The van der Waals surface area contributed by atoms with Crippen molar-refractivity contribution in [1.82, 2.24) is 0 Å². The minimum absolute atomic E-state index is 0.00441. The molecule has 1 aliphatic rings. The molecule has 9 heteroatoms. The number of benzene rings is 1. The smallest absolute Gasteiger partial charge is 0.318 e. The Labute approximate surface area is 144 Å². The standard InChI is InChI=1S/C13H16NO4PS3/c1-3-17-19(21,18-4-2)22-14(9-20)12(15)10-7-5-6-8-11(10)13(14)16/h5-8H,3-4,9H2,1-2H3/p+1. The van der Waals surface area contributed by atoms with Crippen LogP contribution in [-0.2, 0) is 20.9 Å². The average Bonchev–Trinajstić information content (AvgIpc) is 2.71. The van der Waals surface area contributed by atoms with Crippen LogP contribution in [0.1, 0.15) is 34.6 Å². The summed E-state index contributed by atoms with van der Waals surface area (Å²) < 4.78 is 10.6.